The van der Waals surface area contributed by atoms with Crippen molar-refractivity contribution in [2.24, 2.45) is 0 Å². The van der Waals surface area contributed by atoms with Crippen molar-refractivity contribution >= 4 is 0 Å². The van der Waals surface area contributed by atoms with Gasteiger partial charge in [-0.2, -0.15) is 0 Å². The summed E-state index contributed by atoms with van der Waals surface area (Å²) in [6.45, 7) is 4.16. The predicted octanol–water partition coefficient (Wildman–Crippen LogP) is 3.49. The van der Waals surface area contributed by atoms with Crippen LogP contribution in [0.2, 0.25) is 0 Å². The Kier molecular flexibility index (Phi) is 4.65. The summed E-state index contributed by atoms with van der Waals surface area (Å²) < 4.78 is 5.95. The number of ether oxygens (including phenoxy) is 1. The van der Waals surface area contributed by atoms with Gasteiger partial charge in [0.1, 0.15) is 11.9 Å². The largest absolute Gasteiger partial charge is 0.488 e. The second-order valence-corrected chi connectivity index (χ2v) is 5.20. The second-order valence-electron chi connectivity index (χ2n) is 5.20. The third-order valence-electron chi connectivity index (χ3n) is 3.77. The molecule has 1 aromatic rings. The quantitative estimate of drug-likeness (QED) is 0.835. The highest BCUT2D eigenvalue weighted by atomic mass is 16.5. The average molecular weight is 248 g/mol. The van der Waals surface area contributed by atoms with Crippen molar-refractivity contribution in [1.29, 1.82) is 0 Å². The van der Waals surface area contributed by atoms with Crippen molar-refractivity contribution in [1.82, 2.24) is 0 Å². The van der Waals surface area contributed by atoms with E-state index in [1.54, 1.807) is 0 Å². The lowest BCUT2D eigenvalue weighted by atomic mass is 10.1. The molecule has 0 aromatic heterocycles. The first-order valence-corrected chi connectivity index (χ1v) is 7.21. The topological polar surface area (TPSA) is 29.5 Å². The van der Waals surface area contributed by atoms with E-state index in [0.717, 1.165) is 25.0 Å². The molecule has 18 heavy (non-hydrogen) atoms. The van der Waals surface area contributed by atoms with Crippen LogP contribution in [0.1, 0.15) is 50.7 Å². The van der Waals surface area contributed by atoms with Crippen molar-refractivity contribution < 1.29 is 9.84 Å². The molecule has 0 amide bonds. The molecule has 1 aliphatic rings. The molecule has 1 aromatic carbocycles. The fourth-order valence-corrected chi connectivity index (χ4v) is 2.71. The van der Waals surface area contributed by atoms with Crippen LogP contribution in [0.5, 0.6) is 5.75 Å². The number of rotatable bonds is 6. The Bertz CT molecular complexity index is 387. The number of aryl methyl sites for hydroxylation is 2. The van der Waals surface area contributed by atoms with Crippen molar-refractivity contribution in [3.63, 3.8) is 0 Å². The van der Waals surface area contributed by atoms with Crippen LogP contribution in [0.15, 0.2) is 18.2 Å². The normalized spacial score (nSPS) is 17.3. The number of hydrogen-bond acceptors (Lipinski definition) is 2. The van der Waals surface area contributed by atoms with Gasteiger partial charge in [-0.15, -0.1) is 0 Å². The summed E-state index contributed by atoms with van der Waals surface area (Å²) in [5, 5.41) is 10.0. The monoisotopic (exact) mass is 248 g/mol. The van der Waals surface area contributed by atoms with E-state index < -0.39 is 0 Å². The van der Waals surface area contributed by atoms with Gasteiger partial charge in [0, 0.05) is 0 Å². The molecule has 0 heterocycles. The Labute approximate surface area is 110 Å². The Hall–Kier alpha value is -1.02. The Morgan fingerprint density at radius 2 is 2.00 bits per heavy atom. The maximum atomic E-state index is 10.0. The van der Waals surface area contributed by atoms with Gasteiger partial charge in [-0.05, 0) is 55.4 Å². The number of fused-ring (bicyclic) bond motifs is 1. The van der Waals surface area contributed by atoms with Crippen molar-refractivity contribution in [3.8, 4) is 5.75 Å². The molecule has 0 saturated heterocycles. The summed E-state index contributed by atoms with van der Waals surface area (Å²) in [5.74, 6) is 0.914. The van der Waals surface area contributed by atoms with Crippen molar-refractivity contribution in [2.75, 3.05) is 0 Å². The minimum absolute atomic E-state index is 0.0793. The lowest BCUT2D eigenvalue weighted by Gasteiger charge is -2.23. The zero-order valence-electron chi connectivity index (χ0n) is 11.5. The van der Waals surface area contributed by atoms with Gasteiger partial charge < -0.3 is 9.84 Å². The lowest BCUT2D eigenvalue weighted by Crippen LogP contribution is -2.31. The van der Waals surface area contributed by atoms with Gasteiger partial charge in [0.05, 0.1) is 6.10 Å². The lowest BCUT2D eigenvalue weighted by molar-refractivity contribution is 0.0284. The summed E-state index contributed by atoms with van der Waals surface area (Å²) in [6.07, 6.45) is 5.84. The van der Waals surface area contributed by atoms with E-state index in [9.17, 15) is 5.11 Å². The molecule has 1 aliphatic carbocycles. The molecule has 0 aliphatic heterocycles. The summed E-state index contributed by atoms with van der Waals surface area (Å²) in [7, 11) is 0. The van der Waals surface area contributed by atoms with E-state index in [-0.39, 0.29) is 12.2 Å². The summed E-state index contributed by atoms with van der Waals surface area (Å²) in [4.78, 5) is 0. The molecule has 0 saturated carbocycles. The highest BCUT2D eigenvalue weighted by molar-refractivity contribution is 5.38. The third-order valence-corrected chi connectivity index (χ3v) is 3.77. The fourth-order valence-electron chi connectivity index (χ4n) is 2.71. The number of hydrogen-bond donors (Lipinski definition) is 1. The molecular formula is C16H24O2. The van der Waals surface area contributed by atoms with E-state index in [0.29, 0.717) is 0 Å². The number of aliphatic hydroxyl groups excluding tert-OH is 1. The zero-order chi connectivity index (χ0) is 13.0. The second kappa shape index (κ2) is 6.24. The molecule has 2 nitrogen and oxygen atoms in total. The van der Waals surface area contributed by atoms with E-state index in [1.807, 2.05) is 6.07 Å². The molecule has 0 radical (unpaired) electrons. The van der Waals surface area contributed by atoms with Crippen LogP contribution in [0, 0.1) is 0 Å². The van der Waals surface area contributed by atoms with Crippen molar-refractivity contribution in [3.05, 3.63) is 29.3 Å². The van der Waals surface area contributed by atoms with Gasteiger partial charge in [0.2, 0.25) is 0 Å². The maximum Gasteiger partial charge on any atom is 0.124 e. The molecule has 0 spiro atoms. The number of benzene rings is 1. The van der Waals surface area contributed by atoms with Gasteiger partial charge in [0.25, 0.3) is 0 Å². The Morgan fingerprint density at radius 1 is 1.22 bits per heavy atom. The van der Waals surface area contributed by atoms with Crippen LogP contribution in [0.25, 0.3) is 0 Å². The minimum atomic E-state index is -0.353. The highest BCUT2D eigenvalue weighted by Crippen LogP contribution is 2.27. The van der Waals surface area contributed by atoms with Gasteiger partial charge in [-0.1, -0.05) is 26.3 Å². The molecule has 2 atom stereocenters. The zero-order valence-corrected chi connectivity index (χ0v) is 11.5. The molecule has 1 N–H and O–H groups in total. The molecule has 0 fully saturated rings. The van der Waals surface area contributed by atoms with Crippen molar-refractivity contribution in [2.45, 2.75) is 64.6 Å². The summed E-state index contributed by atoms with van der Waals surface area (Å²) in [6, 6.07) is 6.38. The minimum Gasteiger partial charge on any atom is -0.488 e. The van der Waals surface area contributed by atoms with E-state index in [4.69, 9.17) is 4.74 Å². The standard InChI is InChI=1S/C16H24O2/c1-3-6-15(17)16(4-2)18-14-10-9-12-7-5-8-13(12)11-14/h9-11,15-17H,3-8H2,1-2H3. The summed E-state index contributed by atoms with van der Waals surface area (Å²) in [5.41, 5.74) is 2.89. The van der Waals surface area contributed by atoms with E-state index >= 15 is 0 Å². The molecule has 0 bridgehead atoms. The molecule has 100 valence electrons. The highest BCUT2D eigenvalue weighted by Gasteiger charge is 2.19. The molecule has 2 unspecified atom stereocenters. The van der Waals surface area contributed by atoms with Gasteiger partial charge >= 0.3 is 0 Å². The van der Waals surface area contributed by atoms with Crippen LogP contribution in [-0.2, 0) is 12.8 Å². The van der Waals surface area contributed by atoms with Crippen LogP contribution in [0.4, 0.5) is 0 Å². The first kappa shape index (κ1) is 13.4. The van der Waals surface area contributed by atoms with Crippen LogP contribution >= 0.6 is 0 Å². The van der Waals surface area contributed by atoms with E-state index in [2.05, 4.69) is 26.0 Å². The SMILES string of the molecule is CCCC(O)C(CC)Oc1ccc2c(c1)CCC2. The maximum absolute atomic E-state index is 10.0. The third kappa shape index (κ3) is 3.05. The molecule has 2 rings (SSSR count). The van der Waals surface area contributed by atoms with Gasteiger partial charge in [0.15, 0.2) is 0 Å². The average Bonchev–Trinajstić information content (AvgIpc) is 2.83. The molecular weight excluding hydrogens is 224 g/mol. The van der Waals surface area contributed by atoms with Gasteiger partial charge in [-0.25, -0.2) is 0 Å². The van der Waals surface area contributed by atoms with Crippen LogP contribution in [-0.4, -0.2) is 17.3 Å². The molecule has 2 heteroatoms. The predicted molar refractivity (Wildman–Crippen MR) is 74.1 cm³/mol. The van der Waals surface area contributed by atoms with Crippen LogP contribution < -0.4 is 4.74 Å². The van der Waals surface area contributed by atoms with Gasteiger partial charge in [-0.3, -0.25) is 0 Å². The smallest absolute Gasteiger partial charge is 0.124 e. The van der Waals surface area contributed by atoms with Crippen LogP contribution in [0.3, 0.4) is 0 Å². The Morgan fingerprint density at radius 3 is 2.72 bits per heavy atom. The first-order valence-electron chi connectivity index (χ1n) is 7.21. The Balaban J connectivity index is 2.03. The fraction of sp³-hybridized carbons (Fsp3) is 0.625. The van der Waals surface area contributed by atoms with E-state index in [1.165, 1.54) is 30.4 Å². The summed E-state index contributed by atoms with van der Waals surface area (Å²) >= 11 is 0. The number of aliphatic hydroxyl groups is 1. The first-order chi connectivity index (χ1) is 8.74.